The van der Waals surface area contributed by atoms with Crippen molar-refractivity contribution in [1.82, 2.24) is 4.98 Å². The average Bonchev–Trinajstić information content (AvgIpc) is 2.38. The molecule has 1 heterocycles. The number of carbonyl (C=O) groups excluding carboxylic acids is 1. The largest absolute Gasteiger partial charge is 0.542 e. The zero-order valence-corrected chi connectivity index (χ0v) is 12.1. The number of nitrogens with zero attached hydrogens (tertiary/aromatic N) is 1. The molecule has 0 saturated heterocycles. The Morgan fingerprint density at radius 1 is 1.41 bits per heavy atom. The Hall–Kier alpha value is -0.755. The first-order valence-corrected chi connectivity index (χ1v) is 7.46. The summed E-state index contributed by atoms with van der Waals surface area (Å²) in [5.74, 6) is 0.812. The summed E-state index contributed by atoms with van der Waals surface area (Å²) in [5.41, 5.74) is 1.25. The summed E-state index contributed by atoms with van der Waals surface area (Å²) in [4.78, 5) is 14.8. The third-order valence-electron chi connectivity index (χ3n) is 2.22. The maximum absolute atomic E-state index is 10.6. The molecule has 2 rings (SSSR count). The van der Waals surface area contributed by atoms with Crippen molar-refractivity contribution in [2.75, 3.05) is 6.26 Å². The van der Waals surface area contributed by atoms with E-state index in [2.05, 4.69) is 27.4 Å². The Morgan fingerprint density at radius 3 is 2.94 bits per heavy atom. The molecule has 0 saturated carbocycles. The molecule has 0 aliphatic rings. The molecule has 0 fully saturated rings. The maximum Gasteiger partial charge on any atom is 0.499 e. The van der Waals surface area contributed by atoms with E-state index in [4.69, 9.17) is 4.65 Å². The molecule has 86 valence electrons. The quantitative estimate of drug-likeness (QED) is 0.479. The topological polar surface area (TPSA) is 39.2 Å². The summed E-state index contributed by atoms with van der Waals surface area (Å²) in [5, 5.41) is 0.970. The molecule has 0 N–H and O–H groups in total. The molecule has 0 aliphatic heterocycles. The molecule has 0 radical (unpaired) electrons. The Morgan fingerprint density at radius 2 is 2.24 bits per heavy atom. The number of halogens is 1. The van der Waals surface area contributed by atoms with Crippen molar-refractivity contribution in [2.45, 2.75) is 0 Å². The van der Waals surface area contributed by atoms with Gasteiger partial charge in [0.25, 0.3) is 0 Å². The van der Waals surface area contributed by atoms with Gasteiger partial charge in [-0.05, 0) is 30.5 Å². The first-order valence-electron chi connectivity index (χ1n) is 4.92. The predicted octanol–water partition coefficient (Wildman–Crippen LogP) is 3.21. The normalized spacial score (nSPS) is 10.2. The van der Waals surface area contributed by atoms with E-state index >= 15 is 0 Å². The highest BCUT2D eigenvalue weighted by atomic mass is 127. The molecule has 0 unspecified atom stereocenters. The van der Waals surface area contributed by atoms with Crippen LogP contribution < -0.4 is 4.65 Å². The van der Waals surface area contributed by atoms with Crippen molar-refractivity contribution < 1.29 is 9.45 Å². The summed E-state index contributed by atoms with van der Waals surface area (Å²) in [6.07, 6.45) is 2.74. The summed E-state index contributed by atoms with van der Waals surface area (Å²) < 4.78 is 5.77. The van der Waals surface area contributed by atoms with Crippen LogP contribution >= 0.6 is 34.0 Å². The number of aldehydes is 1. The van der Waals surface area contributed by atoms with Gasteiger partial charge in [-0.25, -0.2) is 4.98 Å². The van der Waals surface area contributed by atoms with Crippen molar-refractivity contribution in [2.24, 2.45) is 0 Å². The fourth-order valence-corrected chi connectivity index (χ4v) is 1.91. The van der Waals surface area contributed by atoms with Gasteiger partial charge in [0.1, 0.15) is 11.4 Å². The van der Waals surface area contributed by atoms with E-state index in [-0.39, 0.29) is 4.05 Å². The van der Waals surface area contributed by atoms with Crippen LogP contribution in [0.15, 0.2) is 30.3 Å². The number of rotatable bonds is 4. The number of hydrogen-bond donors (Lipinski definition) is 0. The molecule has 0 amide bonds. The Balaban J connectivity index is 2.34. The van der Waals surface area contributed by atoms with Gasteiger partial charge in [-0.2, -0.15) is 11.6 Å². The smallest absolute Gasteiger partial charge is 0.499 e. The standard InChI is InChI=1S/C11H9BINO2S/c1-17-12(13)16-10-4-5-11-8(6-10)2-3-9(7-15)14-11/h2-7H,1H3. The molecule has 0 spiro atoms. The first-order chi connectivity index (χ1) is 8.22. The fourth-order valence-electron chi connectivity index (χ4n) is 1.41. The predicted molar refractivity (Wildman–Crippen MR) is 81.0 cm³/mol. The maximum atomic E-state index is 10.6. The second-order valence-electron chi connectivity index (χ2n) is 3.34. The lowest BCUT2D eigenvalue weighted by Crippen LogP contribution is -2.07. The van der Waals surface area contributed by atoms with E-state index in [1.807, 2.05) is 30.5 Å². The van der Waals surface area contributed by atoms with E-state index < -0.39 is 0 Å². The van der Waals surface area contributed by atoms with Gasteiger partial charge in [0, 0.05) is 5.39 Å². The molecule has 6 heteroatoms. The molecule has 3 nitrogen and oxygen atoms in total. The van der Waals surface area contributed by atoms with Crippen molar-refractivity contribution in [3.8, 4) is 5.75 Å². The molecule has 1 aromatic heterocycles. The third-order valence-corrected chi connectivity index (χ3v) is 4.46. The van der Waals surface area contributed by atoms with Gasteiger partial charge >= 0.3 is 4.05 Å². The number of aromatic nitrogens is 1. The second kappa shape index (κ2) is 5.73. The van der Waals surface area contributed by atoms with Crippen LogP contribution in [0.5, 0.6) is 5.75 Å². The minimum absolute atomic E-state index is 0.0901. The van der Waals surface area contributed by atoms with Crippen molar-refractivity contribution >= 4 is 55.2 Å². The highest BCUT2D eigenvalue weighted by Crippen LogP contribution is 2.23. The summed E-state index contributed by atoms with van der Waals surface area (Å²) in [6.45, 7) is 0. The van der Waals surface area contributed by atoms with Gasteiger partial charge < -0.3 is 4.65 Å². The van der Waals surface area contributed by atoms with E-state index in [0.29, 0.717) is 5.69 Å². The van der Waals surface area contributed by atoms with E-state index in [1.165, 1.54) is 0 Å². The van der Waals surface area contributed by atoms with Gasteiger partial charge in [-0.15, -0.1) is 0 Å². The van der Waals surface area contributed by atoms with Gasteiger partial charge in [0.15, 0.2) is 6.29 Å². The minimum atomic E-state index is 0.0901. The minimum Gasteiger partial charge on any atom is -0.542 e. The SMILES string of the molecule is CSB(I)Oc1ccc2nc(C=O)ccc2c1. The molecule has 0 atom stereocenters. The molecule has 1 aromatic carbocycles. The van der Waals surface area contributed by atoms with Crippen LogP contribution in [0.2, 0.25) is 0 Å². The molecule has 0 bridgehead atoms. The van der Waals surface area contributed by atoms with E-state index in [9.17, 15) is 4.79 Å². The van der Waals surface area contributed by atoms with Gasteiger partial charge in [0.05, 0.1) is 5.52 Å². The van der Waals surface area contributed by atoms with Gasteiger partial charge in [0.2, 0.25) is 0 Å². The van der Waals surface area contributed by atoms with E-state index in [1.54, 1.807) is 17.7 Å². The summed E-state index contributed by atoms with van der Waals surface area (Å²) in [7, 11) is 0. The number of benzene rings is 1. The number of pyridine rings is 1. The highest BCUT2D eigenvalue weighted by Gasteiger charge is 2.11. The fraction of sp³-hybridized carbons (Fsp3) is 0.0909. The zero-order chi connectivity index (χ0) is 12.3. The zero-order valence-electron chi connectivity index (χ0n) is 9.09. The Kier molecular flexibility index (Phi) is 4.28. The van der Waals surface area contributed by atoms with Crippen LogP contribution in [-0.2, 0) is 0 Å². The number of carbonyl (C=O) groups is 1. The molecule has 17 heavy (non-hydrogen) atoms. The first kappa shape index (κ1) is 12.7. The average molecular weight is 357 g/mol. The van der Waals surface area contributed by atoms with Crippen LogP contribution in [0.25, 0.3) is 10.9 Å². The summed E-state index contributed by atoms with van der Waals surface area (Å²) >= 11 is 3.86. The van der Waals surface area contributed by atoms with Crippen LogP contribution in [0.4, 0.5) is 0 Å². The van der Waals surface area contributed by atoms with Crippen molar-refractivity contribution in [1.29, 1.82) is 0 Å². The molecular weight excluding hydrogens is 348 g/mol. The molecular formula is C11H9BINO2S. The lowest BCUT2D eigenvalue weighted by Gasteiger charge is -2.08. The summed E-state index contributed by atoms with van der Waals surface area (Å²) in [6, 6.07) is 9.24. The highest BCUT2D eigenvalue weighted by molar-refractivity contribution is 14.1. The molecule has 2 aromatic rings. The van der Waals surface area contributed by atoms with Gasteiger partial charge in [-0.1, -0.05) is 28.4 Å². The van der Waals surface area contributed by atoms with Crippen LogP contribution in [-0.4, -0.2) is 21.6 Å². The lowest BCUT2D eigenvalue weighted by atomic mass is 10.2. The van der Waals surface area contributed by atoms with Crippen LogP contribution in [0.1, 0.15) is 10.5 Å². The Labute approximate surface area is 117 Å². The third kappa shape index (κ3) is 3.13. The van der Waals surface area contributed by atoms with E-state index in [0.717, 1.165) is 22.9 Å². The Bertz CT molecular complexity index is 552. The van der Waals surface area contributed by atoms with Crippen LogP contribution in [0.3, 0.4) is 0 Å². The van der Waals surface area contributed by atoms with Gasteiger partial charge in [-0.3, -0.25) is 4.79 Å². The van der Waals surface area contributed by atoms with Crippen molar-refractivity contribution in [3.05, 3.63) is 36.0 Å². The number of fused-ring (bicyclic) bond motifs is 1. The van der Waals surface area contributed by atoms with Crippen molar-refractivity contribution in [3.63, 3.8) is 0 Å². The number of hydrogen-bond acceptors (Lipinski definition) is 4. The second-order valence-corrected chi connectivity index (χ2v) is 6.21. The lowest BCUT2D eigenvalue weighted by molar-refractivity contribution is 0.111. The molecule has 0 aliphatic carbocycles. The monoisotopic (exact) mass is 357 g/mol. The van der Waals surface area contributed by atoms with Crippen LogP contribution in [0, 0.1) is 0 Å².